The van der Waals surface area contributed by atoms with E-state index >= 15 is 0 Å². The first-order valence-electron chi connectivity index (χ1n) is 7.77. The van der Waals surface area contributed by atoms with Gasteiger partial charge in [0.1, 0.15) is 0 Å². The fourth-order valence-corrected chi connectivity index (χ4v) is 2.78. The highest BCUT2D eigenvalue weighted by Crippen LogP contribution is 2.32. The molecule has 1 unspecified atom stereocenters. The number of rotatable bonds is 3. The third-order valence-electron chi connectivity index (χ3n) is 4.04. The van der Waals surface area contributed by atoms with E-state index in [1.54, 1.807) is 28.0 Å². The van der Waals surface area contributed by atoms with Crippen molar-refractivity contribution in [3.05, 3.63) is 23.8 Å². The van der Waals surface area contributed by atoms with E-state index in [1.165, 1.54) is 0 Å². The number of amides is 2. The molecule has 2 amide bonds. The number of benzene rings is 1. The Morgan fingerprint density at radius 2 is 1.78 bits per heavy atom. The van der Waals surface area contributed by atoms with Gasteiger partial charge in [0.2, 0.25) is 12.7 Å². The maximum Gasteiger partial charge on any atom is 0.254 e. The number of hydrogen-bond donors (Lipinski definition) is 1. The maximum atomic E-state index is 12.6. The van der Waals surface area contributed by atoms with Crippen LogP contribution >= 0.6 is 0 Å². The summed E-state index contributed by atoms with van der Waals surface area (Å²) in [6, 6.07) is 5.05. The van der Waals surface area contributed by atoms with Gasteiger partial charge in [0.05, 0.1) is 0 Å². The van der Waals surface area contributed by atoms with Crippen molar-refractivity contribution >= 4 is 11.8 Å². The van der Waals surface area contributed by atoms with Gasteiger partial charge >= 0.3 is 0 Å². The quantitative estimate of drug-likeness (QED) is 0.874. The SMILES string of the molecule is CC(N)CC(=O)N1CCN(C(=O)c2ccc3c(c2)OCO3)CC1. The van der Waals surface area contributed by atoms with Crippen LogP contribution in [-0.2, 0) is 4.79 Å². The Morgan fingerprint density at radius 3 is 2.48 bits per heavy atom. The van der Waals surface area contributed by atoms with E-state index in [0.717, 1.165) is 0 Å². The lowest BCUT2D eigenvalue weighted by Gasteiger charge is -2.35. The molecule has 0 aromatic heterocycles. The van der Waals surface area contributed by atoms with Crippen LogP contribution in [0.25, 0.3) is 0 Å². The number of hydrogen-bond acceptors (Lipinski definition) is 5. The maximum absolute atomic E-state index is 12.6. The molecule has 0 radical (unpaired) electrons. The largest absolute Gasteiger partial charge is 0.454 e. The number of fused-ring (bicyclic) bond motifs is 1. The molecule has 1 atom stereocenters. The number of carbonyl (C=O) groups is 2. The smallest absolute Gasteiger partial charge is 0.254 e. The van der Waals surface area contributed by atoms with Gasteiger partial charge in [-0.15, -0.1) is 0 Å². The molecular weight excluding hydrogens is 298 g/mol. The van der Waals surface area contributed by atoms with Crippen molar-refractivity contribution in [2.75, 3.05) is 33.0 Å². The molecule has 7 nitrogen and oxygen atoms in total. The third kappa shape index (κ3) is 3.39. The highest BCUT2D eigenvalue weighted by molar-refractivity contribution is 5.95. The van der Waals surface area contributed by atoms with E-state index in [0.29, 0.717) is 49.7 Å². The third-order valence-corrected chi connectivity index (χ3v) is 4.04. The van der Waals surface area contributed by atoms with Gasteiger partial charge < -0.3 is 25.0 Å². The van der Waals surface area contributed by atoms with Gasteiger partial charge in [-0.3, -0.25) is 9.59 Å². The average Bonchev–Trinajstić information content (AvgIpc) is 3.01. The van der Waals surface area contributed by atoms with Gasteiger partial charge in [-0.05, 0) is 25.1 Å². The summed E-state index contributed by atoms with van der Waals surface area (Å²) >= 11 is 0. The van der Waals surface area contributed by atoms with Crippen molar-refractivity contribution in [2.45, 2.75) is 19.4 Å². The van der Waals surface area contributed by atoms with Crippen molar-refractivity contribution in [3.8, 4) is 11.5 Å². The van der Waals surface area contributed by atoms with Crippen LogP contribution in [0.4, 0.5) is 0 Å². The lowest BCUT2D eigenvalue weighted by molar-refractivity contribution is -0.132. The summed E-state index contributed by atoms with van der Waals surface area (Å²) in [6.07, 6.45) is 0.343. The van der Waals surface area contributed by atoms with E-state index in [1.807, 2.05) is 6.92 Å². The lowest BCUT2D eigenvalue weighted by atomic mass is 10.1. The number of nitrogens with zero attached hydrogens (tertiary/aromatic N) is 2. The Bertz CT molecular complexity index is 609. The molecule has 2 N–H and O–H groups in total. The van der Waals surface area contributed by atoms with Crippen molar-refractivity contribution in [1.29, 1.82) is 0 Å². The summed E-state index contributed by atoms with van der Waals surface area (Å²) in [6.45, 7) is 4.14. The fraction of sp³-hybridized carbons (Fsp3) is 0.500. The highest BCUT2D eigenvalue weighted by Gasteiger charge is 2.26. The van der Waals surface area contributed by atoms with Crippen LogP contribution in [0.2, 0.25) is 0 Å². The molecule has 2 heterocycles. The molecule has 0 saturated carbocycles. The van der Waals surface area contributed by atoms with Gasteiger partial charge in [0.25, 0.3) is 5.91 Å². The lowest BCUT2D eigenvalue weighted by Crippen LogP contribution is -2.51. The molecule has 7 heteroatoms. The predicted molar refractivity (Wildman–Crippen MR) is 83.3 cm³/mol. The van der Waals surface area contributed by atoms with Crippen molar-refractivity contribution in [3.63, 3.8) is 0 Å². The van der Waals surface area contributed by atoms with Gasteiger partial charge in [-0.1, -0.05) is 0 Å². The molecule has 3 rings (SSSR count). The first-order valence-corrected chi connectivity index (χ1v) is 7.77. The second-order valence-corrected chi connectivity index (χ2v) is 5.92. The normalized spacial score (nSPS) is 18.0. The van der Waals surface area contributed by atoms with Gasteiger partial charge in [-0.25, -0.2) is 0 Å². The van der Waals surface area contributed by atoms with E-state index < -0.39 is 0 Å². The van der Waals surface area contributed by atoms with Gasteiger partial charge in [0.15, 0.2) is 11.5 Å². The Labute approximate surface area is 134 Å². The van der Waals surface area contributed by atoms with E-state index in [4.69, 9.17) is 15.2 Å². The van der Waals surface area contributed by atoms with Gasteiger partial charge in [0, 0.05) is 44.2 Å². The van der Waals surface area contributed by atoms with Crippen LogP contribution in [0.1, 0.15) is 23.7 Å². The van der Waals surface area contributed by atoms with Crippen molar-refractivity contribution < 1.29 is 19.1 Å². The molecule has 124 valence electrons. The van der Waals surface area contributed by atoms with Crippen molar-refractivity contribution in [2.24, 2.45) is 5.73 Å². The van der Waals surface area contributed by atoms with E-state index in [2.05, 4.69) is 0 Å². The monoisotopic (exact) mass is 319 g/mol. The molecule has 0 spiro atoms. The summed E-state index contributed by atoms with van der Waals surface area (Å²) in [4.78, 5) is 28.1. The zero-order valence-corrected chi connectivity index (χ0v) is 13.2. The molecule has 2 aliphatic heterocycles. The number of carbonyl (C=O) groups excluding carboxylic acids is 2. The number of nitrogens with two attached hydrogens (primary N) is 1. The first-order chi connectivity index (χ1) is 11.0. The second kappa shape index (κ2) is 6.45. The molecule has 1 saturated heterocycles. The standard InChI is InChI=1S/C16H21N3O4/c1-11(17)8-15(20)18-4-6-19(7-5-18)16(21)12-2-3-13-14(9-12)23-10-22-13/h2-3,9,11H,4-8,10,17H2,1H3. The average molecular weight is 319 g/mol. The molecule has 0 aliphatic carbocycles. The minimum Gasteiger partial charge on any atom is -0.454 e. The van der Waals surface area contributed by atoms with Crippen LogP contribution < -0.4 is 15.2 Å². The van der Waals surface area contributed by atoms with Crippen LogP contribution in [-0.4, -0.2) is 60.6 Å². The molecular formula is C16H21N3O4. The highest BCUT2D eigenvalue weighted by atomic mass is 16.7. The summed E-state index contributed by atoms with van der Waals surface area (Å²) in [5.74, 6) is 1.26. The topological polar surface area (TPSA) is 85.1 Å². The molecule has 1 aromatic carbocycles. The summed E-state index contributed by atoms with van der Waals surface area (Å²) in [5, 5.41) is 0. The van der Waals surface area contributed by atoms with Crippen LogP contribution in [0, 0.1) is 0 Å². The summed E-state index contributed by atoms with van der Waals surface area (Å²) in [7, 11) is 0. The Kier molecular flexibility index (Phi) is 4.38. The molecule has 1 fully saturated rings. The number of piperazine rings is 1. The Balaban J connectivity index is 1.59. The molecule has 2 aliphatic rings. The minimum atomic E-state index is -0.143. The zero-order valence-electron chi connectivity index (χ0n) is 13.2. The second-order valence-electron chi connectivity index (χ2n) is 5.92. The molecule has 1 aromatic rings. The zero-order chi connectivity index (χ0) is 16.4. The van der Waals surface area contributed by atoms with E-state index in [-0.39, 0.29) is 24.6 Å². The first kappa shape index (κ1) is 15.6. The summed E-state index contributed by atoms with van der Waals surface area (Å²) < 4.78 is 10.6. The fourth-order valence-electron chi connectivity index (χ4n) is 2.78. The van der Waals surface area contributed by atoms with Gasteiger partial charge in [-0.2, -0.15) is 0 Å². The van der Waals surface area contributed by atoms with Crippen molar-refractivity contribution in [1.82, 2.24) is 9.80 Å². The van der Waals surface area contributed by atoms with Crippen LogP contribution in [0.15, 0.2) is 18.2 Å². The summed E-state index contributed by atoms with van der Waals surface area (Å²) in [5.41, 5.74) is 6.24. The predicted octanol–water partition coefficient (Wildman–Crippen LogP) is 0.437. The van der Waals surface area contributed by atoms with E-state index in [9.17, 15) is 9.59 Å². The van der Waals surface area contributed by atoms with Crippen LogP contribution in [0.3, 0.4) is 0 Å². The molecule has 0 bridgehead atoms. The Morgan fingerprint density at radius 1 is 1.13 bits per heavy atom. The minimum absolute atomic E-state index is 0.0511. The number of ether oxygens (including phenoxy) is 2. The van der Waals surface area contributed by atoms with Crippen LogP contribution in [0.5, 0.6) is 11.5 Å². The molecule has 23 heavy (non-hydrogen) atoms. The Hall–Kier alpha value is -2.28.